The van der Waals surface area contributed by atoms with Gasteiger partial charge in [-0.15, -0.1) is 0 Å². The molecule has 2 aliphatic rings. The van der Waals surface area contributed by atoms with Crippen molar-refractivity contribution in [3.63, 3.8) is 0 Å². The van der Waals surface area contributed by atoms with Crippen LogP contribution >= 0.6 is 0 Å². The van der Waals surface area contributed by atoms with E-state index in [0.717, 1.165) is 61.3 Å². The molecule has 41 heavy (non-hydrogen) atoms. The molecule has 0 spiro atoms. The lowest BCUT2D eigenvalue weighted by Crippen LogP contribution is -2.42. The Morgan fingerprint density at radius 1 is 1.12 bits per heavy atom. The first-order valence-electron chi connectivity index (χ1n) is 13.3. The molecular weight excluding hydrogens is 538 g/mol. The third kappa shape index (κ3) is 9.80. The second kappa shape index (κ2) is 15.1. The van der Waals surface area contributed by atoms with E-state index < -0.39 is 36.4 Å². The highest BCUT2D eigenvalue weighted by molar-refractivity contribution is 5.88. The summed E-state index contributed by atoms with van der Waals surface area (Å²) in [5, 5.41) is 33.8. The molecule has 2 aromatic rings. The summed E-state index contributed by atoms with van der Waals surface area (Å²) in [5.74, 6) is -1.85. The van der Waals surface area contributed by atoms with Crippen LogP contribution < -0.4 is 14.2 Å². The Hall–Kier alpha value is -4.10. The number of ether oxygens (including phenoxy) is 3. The average Bonchev–Trinajstić information content (AvgIpc) is 3.60. The minimum atomic E-state index is -2.74. The highest BCUT2D eigenvalue weighted by Crippen LogP contribution is 2.38. The molecule has 0 radical (unpaired) electrons. The molecule has 224 valence electrons. The Morgan fingerprint density at radius 2 is 1.83 bits per heavy atom. The first kappa shape index (κ1) is 31.4. The molecule has 4 N–H and O–H groups in total. The van der Waals surface area contributed by atoms with Crippen molar-refractivity contribution in [2.24, 2.45) is 5.92 Å². The van der Waals surface area contributed by atoms with Crippen molar-refractivity contribution in [3.05, 3.63) is 48.6 Å². The largest absolute Gasteiger partial charge is 0.496 e. The number of carbonyl (C=O) groups is 3. The smallest absolute Gasteiger partial charge is 0.336 e. The van der Waals surface area contributed by atoms with Crippen LogP contribution in [-0.2, 0) is 27.5 Å². The number of nitrogens with zero attached hydrogens (tertiary/aromatic N) is 3. The van der Waals surface area contributed by atoms with Gasteiger partial charge in [0.15, 0.2) is 17.1 Å². The number of hydrogen-bond donors (Lipinski definition) is 4. The van der Waals surface area contributed by atoms with Gasteiger partial charge in [0.05, 0.1) is 26.3 Å². The second-order valence-electron chi connectivity index (χ2n) is 10.0. The Bertz CT molecular complexity index is 1180. The van der Waals surface area contributed by atoms with Crippen LogP contribution in [0, 0.1) is 5.92 Å². The van der Waals surface area contributed by atoms with Crippen LogP contribution in [-0.4, -0.2) is 85.4 Å². The normalized spacial score (nSPS) is 15.7. The number of carboxylic acid groups (broad SMARTS) is 3. The van der Waals surface area contributed by atoms with Crippen molar-refractivity contribution in [1.29, 1.82) is 0 Å². The van der Waals surface area contributed by atoms with Gasteiger partial charge in [0.2, 0.25) is 6.79 Å². The molecule has 0 amide bonds. The van der Waals surface area contributed by atoms with Crippen LogP contribution in [0.2, 0.25) is 0 Å². The fourth-order valence-corrected chi connectivity index (χ4v) is 4.75. The van der Waals surface area contributed by atoms with Gasteiger partial charge in [-0.05, 0) is 37.7 Å². The molecule has 0 bridgehead atoms. The zero-order valence-corrected chi connectivity index (χ0v) is 23.0. The van der Waals surface area contributed by atoms with E-state index in [1.54, 1.807) is 7.11 Å². The first-order valence-corrected chi connectivity index (χ1v) is 13.3. The molecule has 1 aliphatic carbocycles. The Kier molecular flexibility index (Phi) is 11.5. The molecule has 1 aromatic heterocycles. The average molecular weight is 576 g/mol. The maximum Gasteiger partial charge on any atom is 0.336 e. The van der Waals surface area contributed by atoms with Crippen LogP contribution in [0.4, 0.5) is 0 Å². The van der Waals surface area contributed by atoms with Gasteiger partial charge in [-0.2, -0.15) is 0 Å². The van der Waals surface area contributed by atoms with Crippen LogP contribution in [0.15, 0.2) is 43.0 Å². The first-order chi connectivity index (χ1) is 19.6. The van der Waals surface area contributed by atoms with E-state index in [9.17, 15) is 14.4 Å². The molecule has 0 fully saturated rings. The monoisotopic (exact) mass is 575 g/mol. The standard InChI is InChI=1S/C22H29N3O3.C6H8O7/c1-26-20-13-22-21(27-17-28-22)12-19(20)15-25(14-18-6-3-2-4-7-18)10-5-9-24-11-8-23-16-24;7-3(8)1-6(13,5(11)12)2-4(9)10/h2-3,8,11-13,16,18H,4-7,9-10,14-15,17H2,1H3;13H,1-2H2,(H,7,8)(H,9,10)(H,11,12). The number of rotatable bonds is 14. The van der Waals surface area contributed by atoms with E-state index in [1.165, 1.54) is 19.3 Å². The van der Waals surface area contributed by atoms with Crippen molar-refractivity contribution in [1.82, 2.24) is 14.5 Å². The number of hydrogen-bond acceptors (Lipinski definition) is 9. The number of aliphatic carboxylic acids is 3. The molecule has 1 aliphatic heterocycles. The van der Waals surface area contributed by atoms with E-state index in [-0.39, 0.29) is 6.79 Å². The van der Waals surface area contributed by atoms with Gasteiger partial charge in [0.25, 0.3) is 0 Å². The molecular formula is C28H37N3O10. The molecule has 1 unspecified atom stereocenters. The zero-order chi connectivity index (χ0) is 29.8. The molecule has 13 heteroatoms. The predicted molar refractivity (Wildman–Crippen MR) is 145 cm³/mol. The summed E-state index contributed by atoms with van der Waals surface area (Å²) in [7, 11) is 1.72. The fourth-order valence-electron chi connectivity index (χ4n) is 4.75. The summed E-state index contributed by atoms with van der Waals surface area (Å²) in [6.07, 6.45) is 12.8. The van der Waals surface area contributed by atoms with Gasteiger partial charge >= 0.3 is 17.9 Å². The molecule has 4 rings (SSSR count). The summed E-state index contributed by atoms with van der Waals surface area (Å²) in [6, 6.07) is 4.02. The fraction of sp³-hybridized carbons (Fsp3) is 0.500. The number of aryl methyl sites for hydroxylation is 1. The van der Waals surface area contributed by atoms with E-state index in [0.29, 0.717) is 0 Å². The van der Waals surface area contributed by atoms with Crippen molar-refractivity contribution in [2.45, 2.75) is 57.2 Å². The minimum absolute atomic E-state index is 0.283. The van der Waals surface area contributed by atoms with E-state index in [4.69, 9.17) is 34.6 Å². The number of imidazole rings is 1. The molecule has 13 nitrogen and oxygen atoms in total. The predicted octanol–water partition coefficient (Wildman–Crippen LogP) is 2.62. The van der Waals surface area contributed by atoms with Gasteiger partial charge in [-0.3, -0.25) is 14.5 Å². The molecule has 0 saturated heterocycles. The SMILES string of the molecule is COc1cc2c(cc1CN(CCCn1ccnc1)CC1CC=CCC1)OCO2.O=C(O)CC(O)(CC(=O)O)C(=O)O. The lowest BCUT2D eigenvalue weighted by atomic mass is 9.93. The summed E-state index contributed by atoms with van der Waals surface area (Å²) < 4.78 is 18.9. The third-order valence-electron chi connectivity index (χ3n) is 6.80. The van der Waals surface area contributed by atoms with Crippen molar-refractivity contribution >= 4 is 17.9 Å². The molecule has 0 saturated carbocycles. The van der Waals surface area contributed by atoms with Crippen LogP contribution in [0.5, 0.6) is 17.2 Å². The number of methoxy groups -OCH3 is 1. The van der Waals surface area contributed by atoms with Gasteiger partial charge in [-0.1, -0.05) is 12.2 Å². The van der Waals surface area contributed by atoms with Crippen molar-refractivity contribution in [2.75, 3.05) is 27.0 Å². The van der Waals surface area contributed by atoms with E-state index >= 15 is 0 Å². The van der Waals surface area contributed by atoms with Crippen LogP contribution in [0.3, 0.4) is 0 Å². The highest BCUT2D eigenvalue weighted by atomic mass is 16.7. The van der Waals surface area contributed by atoms with Crippen LogP contribution in [0.1, 0.15) is 44.1 Å². The van der Waals surface area contributed by atoms with E-state index in [1.807, 2.05) is 24.8 Å². The van der Waals surface area contributed by atoms with E-state index in [2.05, 4.69) is 32.7 Å². The molecule has 2 heterocycles. The van der Waals surface area contributed by atoms with Crippen molar-refractivity contribution in [3.8, 4) is 17.2 Å². The summed E-state index contributed by atoms with van der Waals surface area (Å²) in [6.45, 7) is 4.26. The Balaban J connectivity index is 0.000000302. The maximum atomic E-state index is 10.3. The quantitative estimate of drug-likeness (QED) is 0.242. The summed E-state index contributed by atoms with van der Waals surface area (Å²) in [5.41, 5.74) is -1.58. The molecule has 1 aromatic carbocycles. The molecule has 1 atom stereocenters. The van der Waals surface area contributed by atoms with Crippen LogP contribution in [0.25, 0.3) is 0 Å². The lowest BCUT2D eigenvalue weighted by molar-refractivity contribution is -0.170. The number of carboxylic acids is 3. The number of allylic oxidation sites excluding steroid dienone is 2. The number of aromatic nitrogens is 2. The Morgan fingerprint density at radius 3 is 2.39 bits per heavy atom. The van der Waals surface area contributed by atoms with Gasteiger partial charge in [-0.25, -0.2) is 9.78 Å². The number of benzene rings is 1. The van der Waals surface area contributed by atoms with Crippen molar-refractivity contribution < 1.29 is 49.0 Å². The van der Waals surface area contributed by atoms with Gasteiger partial charge < -0.3 is 39.2 Å². The minimum Gasteiger partial charge on any atom is -0.496 e. The summed E-state index contributed by atoms with van der Waals surface area (Å²) >= 11 is 0. The zero-order valence-electron chi connectivity index (χ0n) is 23.0. The third-order valence-corrected chi connectivity index (χ3v) is 6.80. The maximum absolute atomic E-state index is 10.3. The topological polar surface area (TPSA) is 181 Å². The number of fused-ring (bicyclic) bond motifs is 1. The Labute approximate surface area is 237 Å². The highest BCUT2D eigenvalue weighted by Gasteiger charge is 2.40. The number of aliphatic hydroxyl groups is 1. The van der Waals surface area contributed by atoms with Gasteiger partial charge in [0, 0.05) is 50.2 Å². The van der Waals surface area contributed by atoms with Gasteiger partial charge in [0.1, 0.15) is 5.75 Å². The summed E-state index contributed by atoms with van der Waals surface area (Å²) in [4.78, 5) is 37.2. The second-order valence-corrected chi connectivity index (χ2v) is 10.0. The lowest BCUT2D eigenvalue weighted by Gasteiger charge is -2.29.